The molecule has 1 aromatic rings. The summed E-state index contributed by atoms with van der Waals surface area (Å²) in [4.78, 5) is 38.3. The third kappa shape index (κ3) is 3.88. The van der Waals surface area contributed by atoms with Crippen molar-refractivity contribution in [2.75, 3.05) is 39.9 Å². The van der Waals surface area contributed by atoms with Crippen molar-refractivity contribution >= 4 is 11.8 Å². The highest BCUT2D eigenvalue weighted by atomic mass is 16.5. The first-order valence-corrected chi connectivity index (χ1v) is 6.73. The van der Waals surface area contributed by atoms with Crippen molar-refractivity contribution in [3.63, 3.8) is 0 Å². The Morgan fingerprint density at radius 2 is 1.95 bits per heavy atom. The van der Waals surface area contributed by atoms with Crippen LogP contribution in [0.4, 0.5) is 0 Å². The Kier molecular flexibility index (Phi) is 5.04. The van der Waals surface area contributed by atoms with Gasteiger partial charge in [-0.25, -0.2) is 5.10 Å². The number of ether oxygens (including phenoxy) is 1. The summed E-state index contributed by atoms with van der Waals surface area (Å²) < 4.78 is 4.84. The Balaban J connectivity index is 1.99. The van der Waals surface area contributed by atoms with Crippen molar-refractivity contribution in [1.29, 1.82) is 0 Å². The quantitative estimate of drug-likeness (QED) is 0.778. The van der Waals surface area contributed by atoms with Crippen LogP contribution in [-0.2, 0) is 9.53 Å². The highest BCUT2D eigenvalue weighted by Gasteiger charge is 2.23. The van der Waals surface area contributed by atoms with Crippen molar-refractivity contribution in [3.8, 4) is 0 Å². The number of methoxy groups -OCH3 is 1. The Labute approximate surface area is 121 Å². The molecule has 0 atom stereocenters. The average Bonchev–Trinajstić information content (AvgIpc) is 2.73. The Morgan fingerprint density at radius 3 is 2.62 bits per heavy atom. The van der Waals surface area contributed by atoms with E-state index in [1.165, 1.54) is 19.2 Å². The second-order valence-corrected chi connectivity index (χ2v) is 4.77. The van der Waals surface area contributed by atoms with E-state index in [0.29, 0.717) is 32.6 Å². The van der Waals surface area contributed by atoms with E-state index in [1.54, 1.807) is 9.80 Å². The number of nitrogens with one attached hydrogen (secondary N) is 1. The summed E-state index contributed by atoms with van der Waals surface area (Å²) in [5.41, 5.74) is -0.148. The average molecular weight is 294 g/mol. The second kappa shape index (κ2) is 6.98. The predicted molar refractivity (Wildman–Crippen MR) is 73.8 cm³/mol. The highest BCUT2D eigenvalue weighted by Crippen LogP contribution is 2.07. The Bertz CT molecular complexity index is 551. The number of rotatable bonds is 3. The minimum atomic E-state index is -0.348. The third-order valence-corrected chi connectivity index (χ3v) is 3.30. The summed E-state index contributed by atoms with van der Waals surface area (Å²) in [5, 5.41) is 5.98. The molecule has 8 heteroatoms. The molecule has 2 heterocycles. The van der Waals surface area contributed by atoms with Crippen LogP contribution in [0.2, 0.25) is 0 Å². The van der Waals surface area contributed by atoms with E-state index in [-0.39, 0.29) is 29.7 Å². The second-order valence-electron chi connectivity index (χ2n) is 4.77. The van der Waals surface area contributed by atoms with Crippen LogP contribution >= 0.6 is 0 Å². The van der Waals surface area contributed by atoms with Crippen LogP contribution in [0.5, 0.6) is 0 Å². The van der Waals surface area contributed by atoms with Gasteiger partial charge in [-0.05, 0) is 12.5 Å². The largest absolute Gasteiger partial charge is 0.375 e. The number of aromatic nitrogens is 2. The number of carbonyl (C=O) groups excluding carboxylic acids is 2. The molecule has 1 aliphatic rings. The molecule has 0 aromatic carbocycles. The fraction of sp³-hybridized carbons (Fsp3) is 0.538. The lowest BCUT2D eigenvalue weighted by Crippen LogP contribution is -2.39. The molecule has 1 fully saturated rings. The van der Waals surface area contributed by atoms with Gasteiger partial charge in [0.2, 0.25) is 5.91 Å². The highest BCUT2D eigenvalue weighted by molar-refractivity contribution is 5.92. The molecule has 0 bridgehead atoms. The summed E-state index contributed by atoms with van der Waals surface area (Å²) in [6.07, 6.45) is 0.699. The number of hydrogen-bond acceptors (Lipinski definition) is 5. The molecule has 2 amide bonds. The summed E-state index contributed by atoms with van der Waals surface area (Å²) >= 11 is 0. The van der Waals surface area contributed by atoms with Crippen LogP contribution in [-0.4, -0.2) is 71.7 Å². The van der Waals surface area contributed by atoms with E-state index in [4.69, 9.17) is 4.74 Å². The van der Waals surface area contributed by atoms with Crippen molar-refractivity contribution in [3.05, 3.63) is 28.2 Å². The van der Waals surface area contributed by atoms with Gasteiger partial charge in [-0.3, -0.25) is 14.4 Å². The van der Waals surface area contributed by atoms with Gasteiger partial charge in [0, 0.05) is 39.4 Å². The molecular formula is C13H18N4O4. The maximum absolute atomic E-state index is 12.3. The van der Waals surface area contributed by atoms with E-state index in [9.17, 15) is 14.4 Å². The zero-order valence-electron chi connectivity index (χ0n) is 11.9. The van der Waals surface area contributed by atoms with E-state index >= 15 is 0 Å². The number of H-pyrrole nitrogens is 1. The SMILES string of the molecule is COCC(=O)N1CCCN(C(=O)c2ccc(=O)[nH]n2)CC1. The fourth-order valence-corrected chi connectivity index (χ4v) is 2.21. The van der Waals surface area contributed by atoms with Crippen LogP contribution in [0.1, 0.15) is 16.9 Å². The minimum Gasteiger partial charge on any atom is -0.375 e. The molecule has 0 spiro atoms. The van der Waals surface area contributed by atoms with Crippen molar-refractivity contribution < 1.29 is 14.3 Å². The lowest BCUT2D eigenvalue weighted by molar-refractivity contribution is -0.135. The van der Waals surface area contributed by atoms with Gasteiger partial charge in [0.25, 0.3) is 11.5 Å². The van der Waals surface area contributed by atoms with Crippen LogP contribution < -0.4 is 5.56 Å². The van der Waals surface area contributed by atoms with Gasteiger partial charge in [0.1, 0.15) is 12.3 Å². The predicted octanol–water partition coefficient (Wildman–Crippen LogP) is -0.909. The minimum absolute atomic E-state index is 0.0510. The molecule has 1 aliphatic heterocycles. The maximum Gasteiger partial charge on any atom is 0.274 e. The molecule has 114 valence electrons. The normalized spacial score (nSPS) is 15.7. The van der Waals surface area contributed by atoms with Gasteiger partial charge in [-0.1, -0.05) is 0 Å². The van der Waals surface area contributed by atoms with Gasteiger partial charge >= 0.3 is 0 Å². The van der Waals surface area contributed by atoms with E-state index < -0.39 is 0 Å². The maximum atomic E-state index is 12.3. The molecule has 1 aromatic heterocycles. The van der Waals surface area contributed by atoms with Gasteiger partial charge in [-0.15, -0.1) is 0 Å². The molecule has 8 nitrogen and oxygen atoms in total. The molecule has 0 radical (unpaired) electrons. The summed E-state index contributed by atoms with van der Waals surface area (Å²) in [5.74, 6) is -0.318. The van der Waals surface area contributed by atoms with Crippen LogP contribution in [0.25, 0.3) is 0 Å². The fourth-order valence-electron chi connectivity index (χ4n) is 2.21. The first-order chi connectivity index (χ1) is 10.1. The first kappa shape index (κ1) is 15.2. The Morgan fingerprint density at radius 1 is 1.24 bits per heavy atom. The smallest absolute Gasteiger partial charge is 0.274 e. The standard InChI is InChI=1S/C13H18N4O4/c1-21-9-12(19)16-5-2-6-17(8-7-16)13(20)10-3-4-11(18)15-14-10/h3-4H,2,5-9H2,1H3,(H,15,18). The van der Waals surface area contributed by atoms with Crippen molar-refractivity contribution in [2.45, 2.75) is 6.42 Å². The molecule has 21 heavy (non-hydrogen) atoms. The summed E-state index contributed by atoms with van der Waals surface area (Å²) in [6.45, 7) is 2.11. The molecule has 0 aliphatic carbocycles. The number of carbonyl (C=O) groups is 2. The number of hydrogen-bond donors (Lipinski definition) is 1. The zero-order valence-corrected chi connectivity index (χ0v) is 11.9. The van der Waals surface area contributed by atoms with Crippen LogP contribution in [0.15, 0.2) is 16.9 Å². The Hall–Kier alpha value is -2.22. The van der Waals surface area contributed by atoms with Gasteiger partial charge in [0.15, 0.2) is 0 Å². The molecule has 1 saturated heterocycles. The number of aromatic amines is 1. The lowest BCUT2D eigenvalue weighted by Gasteiger charge is -2.21. The van der Waals surface area contributed by atoms with Crippen LogP contribution in [0, 0.1) is 0 Å². The van der Waals surface area contributed by atoms with E-state index in [1.807, 2.05) is 0 Å². The topological polar surface area (TPSA) is 95.6 Å². The molecule has 0 saturated carbocycles. The molecule has 1 N–H and O–H groups in total. The van der Waals surface area contributed by atoms with E-state index in [2.05, 4.69) is 10.2 Å². The van der Waals surface area contributed by atoms with Gasteiger partial charge in [-0.2, -0.15) is 5.10 Å². The first-order valence-electron chi connectivity index (χ1n) is 6.73. The lowest BCUT2D eigenvalue weighted by atomic mass is 10.3. The zero-order chi connectivity index (χ0) is 15.2. The third-order valence-electron chi connectivity index (χ3n) is 3.30. The van der Waals surface area contributed by atoms with E-state index in [0.717, 1.165) is 0 Å². The monoisotopic (exact) mass is 294 g/mol. The molecule has 2 rings (SSSR count). The van der Waals surface area contributed by atoms with Gasteiger partial charge in [0.05, 0.1) is 0 Å². The molecular weight excluding hydrogens is 276 g/mol. The van der Waals surface area contributed by atoms with Crippen molar-refractivity contribution in [2.24, 2.45) is 0 Å². The number of nitrogens with zero attached hydrogens (tertiary/aromatic N) is 3. The number of amides is 2. The summed E-state index contributed by atoms with van der Waals surface area (Å²) in [7, 11) is 1.48. The van der Waals surface area contributed by atoms with Crippen molar-refractivity contribution in [1.82, 2.24) is 20.0 Å². The van der Waals surface area contributed by atoms with Crippen LogP contribution in [0.3, 0.4) is 0 Å². The van der Waals surface area contributed by atoms with Gasteiger partial charge < -0.3 is 14.5 Å². The molecule has 0 unspecified atom stereocenters. The summed E-state index contributed by atoms with van der Waals surface area (Å²) in [6, 6.07) is 2.67.